The monoisotopic (exact) mass is 357 g/mol. The Balaban J connectivity index is 0. The van der Waals surface area contributed by atoms with Gasteiger partial charge in [0.1, 0.15) is 0 Å². The molecule has 0 spiro atoms. The van der Waals surface area contributed by atoms with E-state index in [0.29, 0.717) is 4.34 Å². The minimum absolute atomic E-state index is 0. The topological polar surface area (TPSA) is 25.8 Å². The van der Waals surface area contributed by atoms with Gasteiger partial charge in [0.2, 0.25) is 0 Å². The third-order valence-electron chi connectivity index (χ3n) is 0.305. The zero-order valence-electron chi connectivity index (χ0n) is 3.70. The van der Waals surface area contributed by atoms with Gasteiger partial charge < -0.3 is 24.0 Å². The molecule has 41 valence electrons. The smallest absolute Gasteiger partial charge is 0 e. The molecule has 0 saturated heterocycles. The summed E-state index contributed by atoms with van der Waals surface area (Å²) in [6, 6.07) is 0. The van der Waals surface area contributed by atoms with Crippen LogP contribution in [0.3, 0.4) is 0 Å². The third-order valence-corrected chi connectivity index (χ3v) is 1.07. The Hall–Kier alpha value is 2.22. The Morgan fingerprint density at radius 3 is 2.38 bits per heavy atom. The zero-order valence-corrected chi connectivity index (χ0v) is 10.8. The van der Waals surface area contributed by atoms with Crippen LogP contribution in [0.4, 0.5) is 0 Å². The summed E-state index contributed by atoms with van der Waals surface area (Å²) >= 11 is 5.80. The molecule has 0 aromatic carbocycles. The van der Waals surface area contributed by atoms with E-state index in [9.17, 15) is 0 Å². The van der Waals surface area contributed by atoms with Crippen LogP contribution in [-0.2, 0) is 45.3 Å². The molecule has 0 aliphatic heterocycles. The minimum atomic E-state index is 0. The van der Waals surface area contributed by atoms with Crippen molar-refractivity contribution in [2.45, 2.75) is 4.34 Å². The van der Waals surface area contributed by atoms with Crippen molar-refractivity contribution in [3.05, 3.63) is 5.51 Å². The molecule has 0 unspecified atom stereocenters. The first kappa shape index (κ1) is 12.9. The van der Waals surface area contributed by atoms with E-state index in [1.54, 1.807) is 0 Å². The summed E-state index contributed by atoms with van der Waals surface area (Å²) in [6.07, 6.45) is 0. The van der Waals surface area contributed by atoms with Crippen LogP contribution < -0.4 is 0 Å². The van der Waals surface area contributed by atoms with E-state index in [-0.39, 0.29) is 73.1 Å². The van der Waals surface area contributed by atoms with E-state index in [2.05, 4.69) is 28.3 Å². The maximum Gasteiger partial charge on any atom is 0 e. The minimum Gasteiger partial charge on any atom is -0.544 e. The Bertz CT molecular complexity index is 122. The largest absolute Gasteiger partial charge is 0.544 e. The maximum absolute atomic E-state index is 4.56. The van der Waals surface area contributed by atoms with Crippen LogP contribution in [0.5, 0.6) is 0 Å². The molecule has 1 aromatic heterocycles. The Labute approximate surface area is 115 Å². The number of aromatic nitrogens is 2. The van der Waals surface area contributed by atoms with Gasteiger partial charge >= 0.3 is 0 Å². The Morgan fingerprint density at radius 1 is 1.62 bits per heavy atom. The predicted molar refractivity (Wildman–Crippen MR) is 24.4 cm³/mol. The molecular weight excluding hydrogens is 355 g/mol. The van der Waals surface area contributed by atoms with Gasteiger partial charge in [0.25, 0.3) is 0 Å². The van der Waals surface area contributed by atoms with E-state index < -0.39 is 0 Å². The van der Waals surface area contributed by atoms with Crippen LogP contribution in [-0.4, -0.2) is 10.2 Å². The second-order valence-corrected chi connectivity index (χ2v) is 2.08. The van der Waals surface area contributed by atoms with E-state index in [4.69, 9.17) is 0 Å². The third kappa shape index (κ3) is 5.04. The molecule has 6 heteroatoms. The fraction of sp³-hybridized carbons (Fsp3) is 0. The molecule has 0 N–H and O–H groups in total. The van der Waals surface area contributed by atoms with Gasteiger partial charge in [0, 0.05) is 73.1 Å². The molecule has 1 heterocycles. The van der Waals surface area contributed by atoms with E-state index >= 15 is 0 Å². The van der Waals surface area contributed by atoms with Crippen molar-refractivity contribution in [1.82, 2.24) is 10.2 Å². The van der Waals surface area contributed by atoms with Crippen molar-refractivity contribution in [1.29, 1.82) is 0 Å². The number of nitrogens with zero attached hydrogens (tertiary/aromatic N) is 2. The number of hydrogen-bond acceptors (Lipinski definition) is 4. The molecule has 0 bridgehead atoms. The van der Waals surface area contributed by atoms with Crippen molar-refractivity contribution in [2.24, 2.45) is 0 Å². The quantitative estimate of drug-likeness (QED) is 0.493. The average Bonchev–Trinajstić information content (AvgIpc) is 1.86. The van der Waals surface area contributed by atoms with E-state index in [0.717, 1.165) is 0 Å². The predicted octanol–water partition coefficient (Wildman–Crippen LogP) is 0.242. The molecule has 0 amide bonds. The summed E-state index contributed by atoms with van der Waals surface area (Å²) in [5.41, 5.74) is 2.51. The summed E-state index contributed by atoms with van der Waals surface area (Å²) in [5.74, 6) is 0. The first-order valence-corrected chi connectivity index (χ1v) is 2.48. The first-order valence-electron chi connectivity index (χ1n) is 1.26. The molecule has 0 fully saturated rings. The van der Waals surface area contributed by atoms with Crippen molar-refractivity contribution >= 4 is 24.0 Å². The van der Waals surface area contributed by atoms with E-state index in [1.807, 2.05) is 0 Å². The van der Waals surface area contributed by atoms with Crippen LogP contribution in [0.2, 0.25) is 0 Å². The molecule has 1 radical (unpaired) electrons. The molecule has 0 aliphatic carbocycles. The fourth-order valence-corrected chi connectivity index (χ4v) is 0.535. The van der Waals surface area contributed by atoms with Crippen LogP contribution in [0.25, 0.3) is 0 Å². The van der Waals surface area contributed by atoms with Gasteiger partial charge in [-0.05, 0) is 0 Å². The molecule has 0 atom stereocenters. The van der Waals surface area contributed by atoms with Crippen LogP contribution in [0, 0.1) is 45.9 Å². The van der Waals surface area contributed by atoms with Crippen molar-refractivity contribution < 1.29 is 73.1 Å². The summed E-state index contributed by atoms with van der Waals surface area (Å²) in [7, 11) is 0. The standard InChI is InChI=1S/C2HN2S2.Sm.Y/c5-2-4-3-1-6-2;;/h(H,4,5);;/q-1;;/p-1. The normalized spacial score (nSPS) is 6.50. The van der Waals surface area contributed by atoms with Crippen molar-refractivity contribution in [3.63, 3.8) is 0 Å². The van der Waals surface area contributed by atoms with Gasteiger partial charge in [-0.3, -0.25) is 10.2 Å². The molecule has 1 aromatic rings. The second-order valence-electron chi connectivity index (χ2n) is 0.659. The van der Waals surface area contributed by atoms with Crippen LogP contribution in [0.15, 0.2) is 4.34 Å². The fourth-order valence-electron chi connectivity index (χ4n) is 0.141. The van der Waals surface area contributed by atoms with Gasteiger partial charge in [-0.15, -0.1) is 0 Å². The molecule has 2 nitrogen and oxygen atoms in total. The zero-order chi connectivity index (χ0) is 4.41. The molecule has 8 heavy (non-hydrogen) atoms. The number of rotatable bonds is 0. The Morgan fingerprint density at radius 2 is 2.25 bits per heavy atom. The molecule has 0 aliphatic rings. The second kappa shape index (κ2) is 7.33. The maximum atomic E-state index is 4.56. The summed E-state index contributed by atoms with van der Waals surface area (Å²) in [5, 5.41) is 6.81. The summed E-state index contributed by atoms with van der Waals surface area (Å²) in [6.45, 7) is 0. The summed E-state index contributed by atoms with van der Waals surface area (Å²) < 4.78 is 0.551. The molecular formula is C2N2S2SmY-2. The van der Waals surface area contributed by atoms with Gasteiger partial charge in [-0.25, -0.2) is 0 Å². The van der Waals surface area contributed by atoms with Crippen molar-refractivity contribution in [3.8, 4) is 0 Å². The van der Waals surface area contributed by atoms with Crippen LogP contribution in [0.1, 0.15) is 0 Å². The van der Waals surface area contributed by atoms with Crippen molar-refractivity contribution in [2.75, 3.05) is 0 Å². The average molecular weight is 355 g/mol. The summed E-state index contributed by atoms with van der Waals surface area (Å²) in [4.78, 5) is 0. The molecule has 1 rings (SSSR count). The van der Waals surface area contributed by atoms with Gasteiger partial charge in [-0.1, -0.05) is 0 Å². The van der Waals surface area contributed by atoms with E-state index in [1.165, 1.54) is 11.3 Å². The van der Waals surface area contributed by atoms with Gasteiger partial charge in [0.05, 0.1) is 0 Å². The number of hydrogen-bond donors (Lipinski definition) is 0. The molecule has 0 saturated carbocycles. The van der Waals surface area contributed by atoms with Crippen LogP contribution >= 0.6 is 11.3 Å². The van der Waals surface area contributed by atoms with Gasteiger partial charge in [0.15, 0.2) is 0 Å². The SMILES string of the molecule is [S-]c1nn[c-]s1.[Sm].[Y]. The Kier molecular flexibility index (Phi) is 11.8. The van der Waals surface area contributed by atoms with Gasteiger partial charge in [-0.2, -0.15) is 9.85 Å². The first-order chi connectivity index (χ1) is 2.89.